The van der Waals surface area contributed by atoms with Crippen LogP contribution in [0.3, 0.4) is 0 Å². The normalized spacial score (nSPS) is 10.3. The van der Waals surface area contributed by atoms with E-state index < -0.39 is 5.97 Å². The van der Waals surface area contributed by atoms with Gasteiger partial charge in [-0.25, -0.2) is 9.48 Å². The van der Waals surface area contributed by atoms with Gasteiger partial charge in [-0.1, -0.05) is 5.21 Å². The van der Waals surface area contributed by atoms with Gasteiger partial charge in [-0.05, 0) is 6.92 Å². The molecule has 0 spiro atoms. The van der Waals surface area contributed by atoms with Crippen molar-refractivity contribution in [1.82, 2.24) is 20.3 Å². The second kappa shape index (κ2) is 7.47. The zero-order valence-electron chi connectivity index (χ0n) is 11.3. The van der Waals surface area contributed by atoms with Crippen LogP contribution in [0.1, 0.15) is 23.1 Å². The van der Waals surface area contributed by atoms with Crippen LogP contribution in [0.25, 0.3) is 0 Å². The van der Waals surface area contributed by atoms with Crippen molar-refractivity contribution in [3.8, 4) is 0 Å². The Balaban J connectivity index is 2.54. The molecular weight excluding hydrogens is 252 g/mol. The number of carbonyl (C=O) groups is 2. The first-order valence-corrected chi connectivity index (χ1v) is 5.86. The Morgan fingerprint density at radius 1 is 1.37 bits per heavy atom. The summed E-state index contributed by atoms with van der Waals surface area (Å²) in [5.41, 5.74) is 0.784. The summed E-state index contributed by atoms with van der Waals surface area (Å²) >= 11 is 0. The summed E-state index contributed by atoms with van der Waals surface area (Å²) in [4.78, 5) is 22.4. The van der Waals surface area contributed by atoms with Gasteiger partial charge in [0.2, 0.25) is 5.91 Å². The van der Waals surface area contributed by atoms with Crippen molar-refractivity contribution >= 4 is 11.9 Å². The Labute approximate surface area is 111 Å². The van der Waals surface area contributed by atoms with Gasteiger partial charge in [-0.3, -0.25) is 4.79 Å². The fourth-order valence-corrected chi connectivity index (χ4v) is 1.39. The lowest BCUT2D eigenvalue weighted by Crippen LogP contribution is -2.25. The highest BCUT2D eigenvalue weighted by molar-refractivity contribution is 5.88. The SMILES string of the molecule is COCCOC(=O)c1nnn(CCNC(C)=O)c1C. The first-order valence-electron chi connectivity index (χ1n) is 5.86. The summed E-state index contributed by atoms with van der Waals surface area (Å²) in [6, 6.07) is 0. The van der Waals surface area contributed by atoms with Crippen LogP contribution < -0.4 is 5.32 Å². The summed E-state index contributed by atoms with van der Waals surface area (Å²) in [7, 11) is 1.53. The number of ether oxygens (including phenoxy) is 2. The van der Waals surface area contributed by atoms with E-state index in [1.807, 2.05) is 0 Å². The highest BCUT2D eigenvalue weighted by Crippen LogP contribution is 2.05. The average Bonchev–Trinajstić information content (AvgIpc) is 2.71. The number of amides is 1. The molecule has 0 saturated carbocycles. The Bertz CT molecular complexity index is 444. The fourth-order valence-electron chi connectivity index (χ4n) is 1.39. The van der Waals surface area contributed by atoms with Crippen LogP contribution in [0.2, 0.25) is 0 Å². The highest BCUT2D eigenvalue weighted by atomic mass is 16.6. The van der Waals surface area contributed by atoms with E-state index in [1.165, 1.54) is 14.0 Å². The van der Waals surface area contributed by atoms with Crippen molar-refractivity contribution in [2.24, 2.45) is 0 Å². The van der Waals surface area contributed by atoms with E-state index in [9.17, 15) is 9.59 Å². The molecule has 1 amide bonds. The molecule has 1 aromatic heterocycles. The second-order valence-electron chi connectivity index (χ2n) is 3.86. The van der Waals surface area contributed by atoms with Crippen molar-refractivity contribution in [2.45, 2.75) is 20.4 Å². The van der Waals surface area contributed by atoms with E-state index in [-0.39, 0.29) is 18.2 Å². The number of nitrogens with one attached hydrogen (secondary N) is 1. The largest absolute Gasteiger partial charge is 0.458 e. The van der Waals surface area contributed by atoms with E-state index in [0.29, 0.717) is 25.4 Å². The molecule has 8 nitrogen and oxygen atoms in total. The van der Waals surface area contributed by atoms with Crippen LogP contribution in [-0.2, 0) is 20.8 Å². The first kappa shape index (κ1) is 15.1. The molecule has 0 radical (unpaired) electrons. The molecule has 0 aliphatic rings. The van der Waals surface area contributed by atoms with Crippen molar-refractivity contribution < 1.29 is 19.1 Å². The molecular formula is C11H18N4O4. The van der Waals surface area contributed by atoms with Crippen LogP contribution in [0, 0.1) is 6.92 Å². The summed E-state index contributed by atoms with van der Waals surface area (Å²) < 4.78 is 11.3. The van der Waals surface area contributed by atoms with Crippen molar-refractivity contribution in [1.29, 1.82) is 0 Å². The van der Waals surface area contributed by atoms with Gasteiger partial charge in [-0.2, -0.15) is 0 Å². The maximum absolute atomic E-state index is 11.7. The van der Waals surface area contributed by atoms with E-state index in [2.05, 4.69) is 15.6 Å². The number of esters is 1. The minimum absolute atomic E-state index is 0.114. The van der Waals surface area contributed by atoms with E-state index in [4.69, 9.17) is 9.47 Å². The molecule has 1 N–H and O–H groups in total. The predicted molar refractivity (Wildman–Crippen MR) is 65.6 cm³/mol. The molecule has 0 aliphatic heterocycles. The fraction of sp³-hybridized carbons (Fsp3) is 0.636. The molecule has 0 aliphatic carbocycles. The molecule has 1 rings (SSSR count). The molecule has 19 heavy (non-hydrogen) atoms. The molecule has 8 heteroatoms. The number of aromatic nitrogens is 3. The Morgan fingerprint density at radius 3 is 2.74 bits per heavy atom. The van der Waals surface area contributed by atoms with Crippen LogP contribution in [0.4, 0.5) is 0 Å². The number of methoxy groups -OCH3 is 1. The first-order chi connectivity index (χ1) is 9.06. The third-order valence-electron chi connectivity index (χ3n) is 2.39. The van der Waals surface area contributed by atoms with Gasteiger partial charge in [0.1, 0.15) is 6.61 Å². The number of nitrogens with zero attached hydrogens (tertiary/aromatic N) is 3. The molecule has 0 unspecified atom stereocenters. The van der Waals surface area contributed by atoms with Crippen LogP contribution in [0.5, 0.6) is 0 Å². The summed E-state index contributed by atoms with van der Waals surface area (Å²) in [6.07, 6.45) is 0. The van der Waals surface area contributed by atoms with Crippen LogP contribution >= 0.6 is 0 Å². The summed E-state index contributed by atoms with van der Waals surface area (Å²) in [5.74, 6) is -0.641. The Kier molecular flexibility index (Phi) is 5.94. The second-order valence-corrected chi connectivity index (χ2v) is 3.86. The molecule has 0 atom stereocenters. The van der Waals surface area contributed by atoms with Crippen molar-refractivity contribution in [3.63, 3.8) is 0 Å². The third-order valence-corrected chi connectivity index (χ3v) is 2.39. The van der Waals surface area contributed by atoms with Crippen LogP contribution in [-0.4, -0.2) is 53.7 Å². The van der Waals surface area contributed by atoms with Gasteiger partial charge in [-0.15, -0.1) is 5.10 Å². The van der Waals surface area contributed by atoms with Gasteiger partial charge >= 0.3 is 5.97 Å². The van der Waals surface area contributed by atoms with Gasteiger partial charge in [0, 0.05) is 20.6 Å². The minimum atomic E-state index is -0.527. The average molecular weight is 270 g/mol. The van der Waals surface area contributed by atoms with Crippen molar-refractivity contribution in [3.05, 3.63) is 11.4 Å². The maximum atomic E-state index is 11.7. The minimum Gasteiger partial charge on any atom is -0.458 e. The van der Waals surface area contributed by atoms with Gasteiger partial charge in [0.15, 0.2) is 5.69 Å². The molecule has 1 aromatic rings. The molecule has 0 saturated heterocycles. The quantitative estimate of drug-likeness (QED) is 0.531. The molecule has 0 bridgehead atoms. The molecule has 0 fully saturated rings. The molecule has 0 aromatic carbocycles. The van der Waals surface area contributed by atoms with E-state index >= 15 is 0 Å². The van der Waals surface area contributed by atoms with Gasteiger partial charge in [0.05, 0.1) is 18.8 Å². The van der Waals surface area contributed by atoms with Crippen molar-refractivity contribution in [2.75, 3.05) is 26.9 Å². The third kappa shape index (κ3) is 4.66. The lowest BCUT2D eigenvalue weighted by molar-refractivity contribution is -0.119. The summed E-state index contributed by atoms with van der Waals surface area (Å²) in [5, 5.41) is 10.3. The predicted octanol–water partition coefficient (Wildman–Crippen LogP) is -0.474. The molecule has 1 heterocycles. The number of rotatable bonds is 7. The van der Waals surface area contributed by atoms with E-state index in [0.717, 1.165) is 0 Å². The number of hydrogen-bond donors (Lipinski definition) is 1. The monoisotopic (exact) mass is 270 g/mol. The zero-order chi connectivity index (χ0) is 14.3. The highest BCUT2D eigenvalue weighted by Gasteiger charge is 2.17. The van der Waals surface area contributed by atoms with Crippen LogP contribution in [0.15, 0.2) is 0 Å². The summed E-state index contributed by atoms with van der Waals surface area (Å²) in [6.45, 7) is 4.55. The van der Waals surface area contributed by atoms with Gasteiger partial charge in [0.25, 0.3) is 0 Å². The Morgan fingerprint density at radius 2 is 2.11 bits per heavy atom. The number of hydrogen-bond acceptors (Lipinski definition) is 6. The lowest BCUT2D eigenvalue weighted by atomic mass is 10.3. The topological polar surface area (TPSA) is 95.3 Å². The Hall–Kier alpha value is -1.96. The van der Waals surface area contributed by atoms with Gasteiger partial charge < -0.3 is 14.8 Å². The smallest absolute Gasteiger partial charge is 0.360 e. The molecule has 106 valence electrons. The maximum Gasteiger partial charge on any atom is 0.360 e. The zero-order valence-corrected chi connectivity index (χ0v) is 11.3. The lowest BCUT2D eigenvalue weighted by Gasteiger charge is -2.05. The number of carbonyl (C=O) groups excluding carboxylic acids is 2. The standard InChI is InChI=1S/C11H18N4O4/c1-8-10(11(17)19-7-6-18-3)13-14-15(8)5-4-12-9(2)16/h4-7H2,1-3H3,(H,12,16). The van der Waals surface area contributed by atoms with E-state index in [1.54, 1.807) is 11.6 Å².